The number of carbonyl (C=O) groups excluding carboxylic acids is 1. The molecule has 1 fully saturated rings. The molecular weight excluding hydrogens is 226 g/mol. The molecule has 1 aliphatic carbocycles. The summed E-state index contributed by atoms with van der Waals surface area (Å²) in [4.78, 5) is 22.6. The van der Waals surface area contributed by atoms with Gasteiger partial charge in [-0.3, -0.25) is 0 Å². The van der Waals surface area contributed by atoms with Crippen molar-refractivity contribution in [2.45, 2.75) is 37.3 Å². The van der Waals surface area contributed by atoms with Gasteiger partial charge in [-0.05, 0) is 25.7 Å². The fourth-order valence-electron chi connectivity index (χ4n) is 1.85. The van der Waals surface area contributed by atoms with E-state index in [0.717, 1.165) is 0 Å². The first-order chi connectivity index (χ1) is 8.00. The fourth-order valence-corrected chi connectivity index (χ4v) is 1.85. The van der Waals surface area contributed by atoms with Crippen molar-refractivity contribution in [3.05, 3.63) is 12.7 Å². The van der Waals surface area contributed by atoms with E-state index in [-0.39, 0.29) is 19.4 Å². The first kappa shape index (κ1) is 13.5. The van der Waals surface area contributed by atoms with E-state index in [4.69, 9.17) is 4.74 Å². The van der Waals surface area contributed by atoms with Crippen LogP contribution in [0.3, 0.4) is 0 Å². The molecule has 96 valence electrons. The molecule has 3 N–H and O–H groups in total. The minimum Gasteiger partial charge on any atom is -0.480 e. The number of aliphatic hydroxyl groups excluding tert-OH is 1. The molecule has 17 heavy (non-hydrogen) atoms. The predicted molar refractivity (Wildman–Crippen MR) is 59.5 cm³/mol. The van der Waals surface area contributed by atoms with Crippen LogP contribution in [-0.2, 0) is 9.53 Å². The third-order valence-corrected chi connectivity index (χ3v) is 2.89. The maximum Gasteiger partial charge on any atom is 0.408 e. The number of rotatable bonds is 4. The van der Waals surface area contributed by atoms with Crippen LogP contribution < -0.4 is 5.32 Å². The Bertz CT molecular complexity index is 307. The zero-order valence-corrected chi connectivity index (χ0v) is 9.52. The highest BCUT2D eigenvalue weighted by Crippen LogP contribution is 2.28. The van der Waals surface area contributed by atoms with Crippen molar-refractivity contribution in [3.63, 3.8) is 0 Å². The number of carboxylic acid groups (broad SMARTS) is 1. The van der Waals surface area contributed by atoms with Gasteiger partial charge in [-0.2, -0.15) is 0 Å². The molecule has 1 aliphatic rings. The van der Waals surface area contributed by atoms with Gasteiger partial charge in [0.2, 0.25) is 0 Å². The second kappa shape index (κ2) is 5.67. The van der Waals surface area contributed by atoms with E-state index in [0.29, 0.717) is 12.8 Å². The molecule has 0 aliphatic heterocycles. The summed E-state index contributed by atoms with van der Waals surface area (Å²) in [6.07, 6.45) is 1.25. The van der Waals surface area contributed by atoms with E-state index >= 15 is 0 Å². The van der Waals surface area contributed by atoms with Crippen LogP contribution in [0, 0.1) is 0 Å². The molecule has 6 heteroatoms. The Morgan fingerprint density at radius 2 is 2.06 bits per heavy atom. The van der Waals surface area contributed by atoms with Gasteiger partial charge in [-0.25, -0.2) is 9.59 Å². The standard InChI is InChI=1S/C11H17NO5/c1-2-7-17-10(16)12-11(9(14)15)5-3-8(13)4-6-11/h2,8,13H,1,3-7H2,(H,12,16)(H,14,15). The molecule has 0 aromatic heterocycles. The van der Waals surface area contributed by atoms with E-state index in [1.54, 1.807) is 0 Å². The number of nitrogens with one attached hydrogen (secondary N) is 1. The van der Waals surface area contributed by atoms with Crippen LogP contribution in [0.25, 0.3) is 0 Å². The molecular formula is C11H17NO5. The first-order valence-corrected chi connectivity index (χ1v) is 5.47. The van der Waals surface area contributed by atoms with Gasteiger partial charge in [0.1, 0.15) is 12.1 Å². The molecule has 0 spiro atoms. The molecule has 0 heterocycles. The lowest BCUT2D eigenvalue weighted by molar-refractivity contribution is -0.147. The monoisotopic (exact) mass is 243 g/mol. The summed E-state index contributed by atoms with van der Waals surface area (Å²) in [7, 11) is 0. The van der Waals surface area contributed by atoms with Crippen LogP contribution in [-0.4, -0.2) is 40.5 Å². The van der Waals surface area contributed by atoms with Gasteiger partial charge >= 0.3 is 12.1 Å². The quantitative estimate of drug-likeness (QED) is 0.630. The second-order valence-electron chi connectivity index (χ2n) is 4.13. The Kier molecular flexibility index (Phi) is 4.51. The van der Waals surface area contributed by atoms with Crippen molar-refractivity contribution in [2.75, 3.05) is 6.61 Å². The average molecular weight is 243 g/mol. The number of carbonyl (C=O) groups is 2. The van der Waals surface area contributed by atoms with Crippen molar-refractivity contribution in [1.29, 1.82) is 0 Å². The molecule has 0 unspecified atom stereocenters. The number of amides is 1. The maximum absolute atomic E-state index is 11.4. The third kappa shape index (κ3) is 3.45. The molecule has 6 nitrogen and oxygen atoms in total. The van der Waals surface area contributed by atoms with Gasteiger partial charge in [-0.15, -0.1) is 0 Å². The van der Waals surface area contributed by atoms with Crippen LogP contribution >= 0.6 is 0 Å². The second-order valence-corrected chi connectivity index (χ2v) is 4.13. The highest BCUT2D eigenvalue weighted by atomic mass is 16.5. The number of aliphatic hydroxyl groups is 1. The summed E-state index contributed by atoms with van der Waals surface area (Å²) in [5.41, 5.74) is -1.32. The lowest BCUT2D eigenvalue weighted by Gasteiger charge is -2.35. The largest absolute Gasteiger partial charge is 0.480 e. The number of carboxylic acids is 1. The molecule has 1 amide bonds. The van der Waals surface area contributed by atoms with Gasteiger partial charge < -0.3 is 20.3 Å². The number of alkyl carbamates (subject to hydrolysis) is 1. The van der Waals surface area contributed by atoms with Crippen LogP contribution in [0.2, 0.25) is 0 Å². The first-order valence-electron chi connectivity index (χ1n) is 5.47. The molecule has 0 atom stereocenters. The summed E-state index contributed by atoms with van der Waals surface area (Å²) in [5, 5.41) is 20.9. The van der Waals surface area contributed by atoms with E-state index in [2.05, 4.69) is 11.9 Å². The van der Waals surface area contributed by atoms with E-state index in [9.17, 15) is 19.8 Å². The van der Waals surface area contributed by atoms with Gasteiger partial charge in [0.15, 0.2) is 0 Å². The summed E-state index contributed by atoms with van der Waals surface area (Å²) < 4.78 is 4.70. The van der Waals surface area contributed by atoms with Crippen molar-refractivity contribution in [1.82, 2.24) is 5.32 Å². The smallest absolute Gasteiger partial charge is 0.408 e. The minimum atomic E-state index is -1.32. The third-order valence-electron chi connectivity index (χ3n) is 2.89. The van der Waals surface area contributed by atoms with Crippen molar-refractivity contribution in [3.8, 4) is 0 Å². The van der Waals surface area contributed by atoms with Gasteiger partial charge in [0, 0.05) is 0 Å². The molecule has 0 radical (unpaired) electrons. The summed E-state index contributed by atoms with van der Waals surface area (Å²) in [6, 6.07) is 0. The Hall–Kier alpha value is -1.56. The summed E-state index contributed by atoms with van der Waals surface area (Å²) >= 11 is 0. The zero-order valence-electron chi connectivity index (χ0n) is 9.52. The molecule has 1 saturated carbocycles. The topological polar surface area (TPSA) is 95.9 Å². The van der Waals surface area contributed by atoms with Crippen LogP contribution in [0.15, 0.2) is 12.7 Å². The molecule has 1 rings (SSSR count). The lowest BCUT2D eigenvalue weighted by atomic mass is 9.80. The normalized spacial score (nSPS) is 28.2. The molecule has 0 aromatic rings. The SMILES string of the molecule is C=CCOC(=O)NC1(C(=O)O)CCC(O)CC1. The molecule has 0 bridgehead atoms. The minimum absolute atomic E-state index is 0.0319. The van der Waals surface area contributed by atoms with Crippen molar-refractivity contribution < 1.29 is 24.5 Å². The maximum atomic E-state index is 11.4. The van der Waals surface area contributed by atoms with Gasteiger partial charge in [-0.1, -0.05) is 12.7 Å². The Labute approximate surface area is 99.3 Å². The lowest BCUT2D eigenvalue weighted by Crippen LogP contribution is -2.57. The van der Waals surface area contributed by atoms with E-state index < -0.39 is 23.7 Å². The highest BCUT2D eigenvalue weighted by Gasteiger charge is 2.43. The highest BCUT2D eigenvalue weighted by molar-refractivity contribution is 5.84. The van der Waals surface area contributed by atoms with Crippen LogP contribution in [0.4, 0.5) is 4.79 Å². The summed E-state index contributed by atoms with van der Waals surface area (Å²) in [5.74, 6) is -1.10. The number of hydrogen-bond donors (Lipinski definition) is 3. The molecule has 0 saturated heterocycles. The fraction of sp³-hybridized carbons (Fsp3) is 0.636. The number of aliphatic carboxylic acids is 1. The zero-order chi connectivity index (χ0) is 12.9. The summed E-state index contributed by atoms with van der Waals surface area (Å²) in [6.45, 7) is 3.42. The van der Waals surface area contributed by atoms with E-state index in [1.807, 2.05) is 0 Å². The average Bonchev–Trinajstić information content (AvgIpc) is 2.29. The van der Waals surface area contributed by atoms with Gasteiger partial charge in [0.25, 0.3) is 0 Å². The van der Waals surface area contributed by atoms with Gasteiger partial charge in [0.05, 0.1) is 6.10 Å². The van der Waals surface area contributed by atoms with Crippen molar-refractivity contribution in [2.24, 2.45) is 0 Å². The molecule has 0 aromatic carbocycles. The Morgan fingerprint density at radius 1 is 1.47 bits per heavy atom. The Balaban J connectivity index is 2.63. The number of hydrogen-bond acceptors (Lipinski definition) is 4. The number of ether oxygens (including phenoxy) is 1. The predicted octanol–water partition coefficient (Wildman–Crippen LogP) is 0.657. The van der Waals surface area contributed by atoms with Crippen molar-refractivity contribution >= 4 is 12.1 Å². The van der Waals surface area contributed by atoms with E-state index in [1.165, 1.54) is 6.08 Å². The van der Waals surface area contributed by atoms with Crippen LogP contribution in [0.1, 0.15) is 25.7 Å². The van der Waals surface area contributed by atoms with Crippen LogP contribution in [0.5, 0.6) is 0 Å². The Morgan fingerprint density at radius 3 is 2.53 bits per heavy atom.